The number of nitrogens with one attached hydrogen (secondary N) is 2. The van der Waals surface area contributed by atoms with Crippen LogP contribution in [0.1, 0.15) is 18.4 Å². The highest BCUT2D eigenvalue weighted by Crippen LogP contribution is 2.31. The SMILES string of the molecule is C[C@@H](C(=O)Nn1c(=S)[nH]c2ccccc2c1=O)c1c(Cl)cccc1Cl. The fourth-order valence-corrected chi connectivity index (χ4v) is 3.49. The molecule has 0 saturated heterocycles. The van der Waals surface area contributed by atoms with Crippen molar-refractivity contribution in [2.24, 2.45) is 0 Å². The zero-order valence-corrected chi connectivity index (χ0v) is 15.4. The average molecular weight is 394 g/mol. The standard InChI is InChI=1S/C17H13Cl2N3O2S/c1-9(14-11(18)6-4-7-12(14)19)15(23)21-22-16(24)10-5-2-3-8-13(10)20-17(22)25/h2-9H,1H3,(H,20,25)(H,21,23)/t9-/m1/s1. The molecule has 0 spiro atoms. The lowest BCUT2D eigenvalue weighted by atomic mass is 10.0. The van der Waals surface area contributed by atoms with E-state index in [1.807, 2.05) is 0 Å². The normalized spacial score (nSPS) is 12.1. The highest BCUT2D eigenvalue weighted by atomic mass is 35.5. The summed E-state index contributed by atoms with van der Waals surface area (Å²) in [5.41, 5.74) is 3.22. The zero-order chi connectivity index (χ0) is 18.1. The Morgan fingerprint density at radius 3 is 2.48 bits per heavy atom. The summed E-state index contributed by atoms with van der Waals surface area (Å²) in [6.07, 6.45) is 0. The van der Waals surface area contributed by atoms with Gasteiger partial charge in [0.15, 0.2) is 4.77 Å². The minimum atomic E-state index is -0.672. The third-order valence-electron chi connectivity index (χ3n) is 3.85. The fraction of sp³-hybridized carbons (Fsp3) is 0.118. The lowest BCUT2D eigenvalue weighted by Gasteiger charge is -2.16. The molecule has 128 valence electrons. The van der Waals surface area contributed by atoms with Crippen LogP contribution in [0, 0.1) is 4.77 Å². The van der Waals surface area contributed by atoms with Crippen molar-refractivity contribution in [2.45, 2.75) is 12.8 Å². The maximum atomic E-state index is 12.6. The van der Waals surface area contributed by atoms with E-state index < -0.39 is 17.4 Å². The summed E-state index contributed by atoms with van der Waals surface area (Å²) in [6, 6.07) is 11.9. The van der Waals surface area contributed by atoms with E-state index in [2.05, 4.69) is 10.4 Å². The number of aromatic amines is 1. The number of nitrogens with zero attached hydrogens (tertiary/aromatic N) is 1. The molecule has 3 aromatic rings. The first-order valence-corrected chi connectivity index (χ1v) is 8.55. The van der Waals surface area contributed by atoms with E-state index in [1.165, 1.54) is 0 Å². The van der Waals surface area contributed by atoms with E-state index in [-0.39, 0.29) is 4.77 Å². The average Bonchev–Trinajstić information content (AvgIpc) is 2.58. The van der Waals surface area contributed by atoms with Gasteiger partial charge in [0.05, 0.1) is 16.8 Å². The second-order valence-corrected chi connectivity index (χ2v) is 6.65. The Balaban J connectivity index is 2.00. The maximum Gasteiger partial charge on any atom is 0.281 e. The first-order valence-electron chi connectivity index (χ1n) is 7.39. The van der Waals surface area contributed by atoms with Crippen LogP contribution in [-0.4, -0.2) is 15.6 Å². The van der Waals surface area contributed by atoms with Crippen molar-refractivity contribution in [1.82, 2.24) is 9.66 Å². The van der Waals surface area contributed by atoms with E-state index in [0.29, 0.717) is 26.5 Å². The zero-order valence-electron chi connectivity index (χ0n) is 13.0. The van der Waals surface area contributed by atoms with Gasteiger partial charge in [-0.3, -0.25) is 15.0 Å². The predicted molar refractivity (Wildman–Crippen MR) is 103 cm³/mol. The summed E-state index contributed by atoms with van der Waals surface area (Å²) in [5.74, 6) is -1.12. The smallest absolute Gasteiger partial charge is 0.281 e. The molecule has 2 N–H and O–H groups in total. The van der Waals surface area contributed by atoms with E-state index in [1.54, 1.807) is 49.4 Å². The largest absolute Gasteiger partial charge is 0.330 e. The number of carbonyl (C=O) groups is 1. The van der Waals surface area contributed by atoms with Crippen LogP contribution in [-0.2, 0) is 4.79 Å². The van der Waals surface area contributed by atoms with Gasteiger partial charge in [-0.15, -0.1) is 0 Å². The molecule has 1 aromatic heterocycles. The Kier molecular flexibility index (Phi) is 4.94. The Morgan fingerprint density at radius 1 is 1.16 bits per heavy atom. The third kappa shape index (κ3) is 3.33. The van der Waals surface area contributed by atoms with E-state index in [9.17, 15) is 9.59 Å². The van der Waals surface area contributed by atoms with Gasteiger partial charge in [-0.25, -0.2) is 0 Å². The van der Waals surface area contributed by atoms with Crippen molar-refractivity contribution in [3.05, 3.63) is 73.2 Å². The first kappa shape index (κ1) is 17.7. The summed E-state index contributed by atoms with van der Waals surface area (Å²) in [6.45, 7) is 1.65. The molecule has 8 heteroatoms. The molecular formula is C17H13Cl2N3O2S. The molecule has 0 saturated carbocycles. The molecule has 1 atom stereocenters. The van der Waals surface area contributed by atoms with Gasteiger partial charge in [-0.05, 0) is 43.4 Å². The Bertz CT molecular complexity index is 1070. The number of H-pyrrole nitrogens is 1. The van der Waals surface area contributed by atoms with Gasteiger partial charge in [0, 0.05) is 15.6 Å². The number of para-hydroxylation sites is 1. The van der Waals surface area contributed by atoms with Crippen LogP contribution in [0.2, 0.25) is 10.0 Å². The molecule has 0 aliphatic heterocycles. The van der Waals surface area contributed by atoms with Crippen LogP contribution in [0.25, 0.3) is 10.9 Å². The molecule has 1 amide bonds. The molecule has 25 heavy (non-hydrogen) atoms. The summed E-state index contributed by atoms with van der Waals surface area (Å²) < 4.78 is 1.11. The molecular weight excluding hydrogens is 381 g/mol. The maximum absolute atomic E-state index is 12.6. The first-order chi connectivity index (χ1) is 11.9. The number of hydrogen-bond donors (Lipinski definition) is 2. The minimum Gasteiger partial charge on any atom is -0.330 e. The Labute approximate surface area is 158 Å². The van der Waals surface area contributed by atoms with Gasteiger partial charge in [-0.2, -0.15) is 4.68 Å². The number of fused-ring (bicyclic) bond motifs is 1. The van der Waals surface area contributed by atoms with Crippen LogP contribution >= 0.6 is 35.4 Å². The number of benzene rings is 2. The number of aromatic nitrogens is 2. The number of hydrogen-bond acceptors (Lipinski definition) is 3. The van der Waals surface area contributed by atoms with Crippen molar-refractivity contribution in [1.29, 1.82) is 0 Å². The van der Waals surface area contributed by atoms with Gasteiger partial charge in [0.25, 0.3) is 5.56 Å². The highest BCUT2D eigenvalue weighted by Gasteiger charge is 2.22. The quantitative estimate of drug-likeness (QED) is 0.653. The summed E-state index contributed by atoms with van der Waals surface area (Å²) in [5, 5.41) is 1.18. The third-order valence-corrected chi connectivity index (χ3v) is 4.80. The molecule has 1 heterocycles. The Hall–Kier alpha value is -2.15. The summed E-state index contributed by atoms with van der Waals surface area (Å²) in [7, 11) is 0. The lowest BCUT2D eigenvalue weighted by Crippen LogP contribution is -2.36. The summed E-state index contributed by atoms with van der Waals surface area (Å²) in [4.78, 5) is 28.1. The molecule has 0 aliphatic carbocycles. The number of carbonyl (C=O) groups excluding carboxylic acids is 1. The topological polar surface area (TPSA) is 66.9 Å². The van der Waals surface area contributed by atoms with Crippen LogP contribution < -0.4 is 11.0 Å². The predicted octanol–water partition coefficient (Wildman–Crippen LogP) is 4.24. The minimum absolute atomic E-state index is 0.0921. The second-order valence-electron chi connectivity index (χ2n) is 5.45. The molecule has 0 aliphatic rings. The molecule has 0 fully saturated rings. The van der Waals surface area contributed by atoms with Crippen molar-refractivity contribution in [3.8, 4) is 0 Å². The van der Waals surface area contributed by atoms with Crippen molar-refractivity contribution in [2.75, 3.05) is 5.43 Å². The van der Waals surface area contributed by atoms with Gasteiger partial charge < -0.3 is 4.98 Å². The van der Waals surface area contributed by atoms with Crippen molar-refractivity contribution < 1.29 is 4.79 Å². The Morgan fingerprint density at radius 2 is 1.80 bits per heavy atom. The van der Waals surface area contributed by atoms with E-state index >= 15 is 0 Å². The molecule has 0 unspecified atom stereocenters. The molecule has 0 radical (unpaired) electrons. The highest BCUT2D eigenvalue weighted by molar-refractivity contribution is 7.71. The van der Waals surface area contributed by atoms with Gasteiger partial charge in [-0.1, -0.05) is 41.4 Å². The molecule has 3 rings (SSSR count). The summed E-state index contributed by atoms with van der Waals surface area (Å²) >= 11 is 17.5. The van der Waals surface area contributed by atoms with Crippen LogP contribution in [0.3, 0.4) is 0 Å². The van der Waals surface area contributed by atoms with Gasteiger partial charge in [0.1, 0.15) is 0 Å². The molecule has 2 aromatic carbocycles. The lowest BCUT2D eigenvalue weighted by molar-refractivity contribution is -0.118. The van der Waals surface area contributed by atoms with Crippen LogP contribution in [0.15, 0.2) is 47.3 Å². The second kappa shape index (κ2) is 7.00. The monoisotopic (exact) mass is 393 g/mol. The molecule has 5 nitrogen and oxygen atoms in total. The molecule has 0 bridgehead atoms. The van der Waals surface area contributed by atoms with Gasteiger partial charge in [0.2, 0.25) is 5.91 Å². The van der Waals surface area contributed by atoms with Crippen LogP contribution in [0.4, 0.5) is 0 Å². The van der Waals surface area contributed by atoms with E-state index in [0.717, 1.165) is 4.68 Å². The fourth-order valence-electron chi connectivity index (χ4n) is 2.53. The number of amides is 1. The van der Waals surface area contributed by atoms with Crippen molar-refractivity contribution in [3.63, 3.8) is 0 Å². The number of halogens is 2. The van der Waals surface area contributed by atoms with Crippen LogP contribution in [0.5, 0.6) is 0 Å². The van der Waals surface area contributed by atoms with Crippen molar-refractivity contribution >= 4 is 52.2 Å². The van der Waals surface area contributed by atoms with E-state index in [4.69, 9.17) is 35.4 Å². The number of rotatable bonds is 3. The van der Waals surface area contributed by atoms with Gasteiger partial charge >= 0.3 is 0 Å².